The number of benzene rings is 2. The highest BCUT2D eigenvalue weighted by Gasteiger charge is 2.36. The van der Waals surface area contributed by atoms with Crippen LogP contribution in [0.5, 0.6) is 11.5 Å². The van der Waals surface area contributed by atoms with Crippen LogP contribution in [0, 0.1) is 6.92 Å². The molecule has 0 aliphatic heterocycles. The fraction of sp³-hybridized carbons (Fsp3) is 0.111. The van der Waals surface area contributed by atoms with Gasteiger partial charge in [-0.15, -0.1) is 5.10 Å². The lowest BCUT2D eigenvalue weighted by Crippen LogP contribution is -2.24. The molecule has 0 radical (unpaired) electrons. The van der Waals surface area contributed by atoms with E-state index in [4.69, 9.17) is 16.2 Å². The maximum Gasteiger partial charge on any atom is 0.420 e. The zero-order valence-electron chi connectivity index (χ0n) is 15.0. The van der Waals surface area contributed by atoms with Crippen LogP contribution in [-0.4, -0.2) is 26.9 Å². The van der Waals surface area contributed by atoms with Crippen molar-refractivity contribution in [3.63, 3.8) is 0 Å². The molecule has 0 saturated heterocycles. The number of aliphatic imine (C=N–C) groups is 1. The molecule has 1 heterocycles. The number of nitrogens with zero attached hydrogens (tertiary/aromatic N) is 4. The predicted molar refractivity (Wildman–Crippen MR) is 97.8 cm³/mol. The second-order valence-electron chi connectivity index (χ2n) is 5.95. The third kappa shape index (κ3) is 4.51. The molecule has 0 aliphatic carbocycles. The van der Waals surface area contributed by atoms with Crippen molar-refractivity contribution in [3.8, 4) is 17.2 Å². The lowest BCUT2D eigenvalue weighted by molar-refractivity contribution is -0.138. The average Bonchev–Trinajstić information content (AvgIpc) is 3.15. The van der Waals surface area contributed by atoms with Crippen LogP contribution in [0.15, 0.2) is 53.8 Å². The van der Waals surface area contributed by atoms with Crippen LogP contribution in [0.2, 0.25) is 0 Å². The van der Waals surface area contributed by atoms with Gasteiger partial charge in [-0.25, -0.2) is 4.68 Å². The Morgan fingerprint density at radius 3 is 2.41 bits per heavy atom. The number of guanidine groups is 1. The van der Waals surface area contributed by atoms with E-state index in [-0.39, 0.29) is 16.9 Å². The Balaban J connectivity index is 1.97. The summed E-state index contributed by atoms with van der Waals surface area (Å²) in [5.41, 5.74) is 9.74. The van der Waals surface area contributed by atoms with Gasteiger partial charge in [0, 0.05) is 5.56 Å². The van der Waals surface area contributed by atoms with Gasteiger partial charge in [-0.05, 0) is 48.9 Å². The fourth-order valence-corrected chi connectivity index (χ4v) is 2.54. The fourth-order valence-electron chi connectivity index (χ4n) is 2.54. The zero-order chi connectivity index (χ0) is 21.2. The third-order valence-electron chi connectivity index (χ3n) is 3.84. The van der Waals surface area contributed by atoms with Crippen LogP contribution in [0.25, 0.3) is 5.69 Å². The average molecular weight is 404 g/mol. The van der Waals surface area contributed by atoms with E-state index in [2.05, 4.69) is 15.3 Å². The van der Waals surface area contributed by atoms with Crippen molar-refractivity contribution in [2.24, 2.45) is 16.5 Å². The summed E-state index contributed by atoms with van der Waals surface area (Å²) >= 11 is 0. The minimum atomic E-state index is -4.77. The molecule has 0 fully saturated rings. The van der Waals surface area contributed by atoms with E-state index in [0.717, 1.165) is 6.07 Å². The summed E-state index contributed by atoms with van der Waals surface area (Å²) in [6, 6.07) is 7.99. The number of rotatable bonds is 4. The summed E-state index contributed by atoms with van der Waals surface area (Å²) in [6.45, 7) is 1.45. The van der Waals surface area contributed by atoms with Gasteiger partial charge in [-0.3, -0.25) is 4.79 Å². The Hall–Kier alpha value is -3.89. The molecular formula is C18H15F3N6O2. The maximum absolute atomic E-state index is 13.5. The SMILES string of the molecule is Cc1cc(Oc2ccc(-n3ccnn3)cc2)c(C(F)(F)F)cc1C(=O)N=C(N)N. The summed E-state index contributed by atoms with van der Waals surface area (Å²) in [5, 5.41) is 7.50. The van der Waals surface area contributed by atoms with E-state index in [1.54, 1.807) is 18.3 Å². The molecule has 3 rings (SSSR count). The molecule has 29 heavy (non-hydrogen) atoms. The van der Waals surface area contributed by atoms with Crippen molar-refractivity contribution >= 4 is 11.9 Å². The molecule has 1 amide bonds. The smallest absolute Gasteiger partial charge is 0.420 e. The normalized spacial score (nSPS) is 11.2. The number of halogens is 3. The molecule has 0 saturated carbocycles. The number of hydrogen-bond donors (Lipinski definition) is 2. The van der Waals surface area contributed by atoms with Crippen LogP contribution < -0.4 is 16.2 Å². The first-order valence-electron chi connectivity index (χ1n) is 8.15. The Morgan fingerprint density at radius 2 is 1.86 bits per heavy atom. The quantitative estimate of drug-likeness (QED) is 0.509. The Kier molecular flexibility index (Phi) is 5.22. The van der Waals surface area contributed by atoms with Crippen LogP contribution in [0.4, 0.5) is 13.2 Å². The van der Waals surface area contributed by atoms with Gasteiger partial charge in [-0.2, -0.15) is 18.2 Å². The molecule has 0 spiro atoms. The second kappa shape index (κ2) is 7.62. The molecule has 0 unspecified atom stereocenters. The highest BCUT2D eigenvalue weighted by Crippen LogP contribution is 2.40. The highest BCUT2D eigenvalue weighted by molar-refractivity contribution is 6.03. The molecule has 4 N–H and O–H groups in total. The van der Waals surface area contributed by atoms with Crippen molar-refractivity contribution in [1.29, 1.82) is 0 Å². The summed E-state index contributed by atoms with van der Waals surface area (Å²) in [6.07, 6.45) is -1.65. The van der Waals surface area contributed by atoms with Crippen molar-refractivity contribution in [2.75, 3.05) is 0 Å². The van der Waals surface area contributed by atoms with Gasteiger partial charge in [0.05, 0.1) is 23.6 Å². The predicted octanol–water partition coefficient (Wildman–Crippen LogP) is 2.80. The van der Waals surface area contributed by atoms with Crippen molar-refractivity contribution in [1.82, 2.24) is 15.0 Å². The van der Waals surface area contributed by atoms with Gasteiger partial charge >= 0.3 is 6.18 Å². The molecule has 0 atom stereocenters. The van der Waals surface area contributed by atoms with E-state index in [9.17, 15) is 18.0 Å². The van der Waals surface area contributed by atoms with Gasteiger partial charge in [-0.1, -0.05) is 5.21 Å². The number of amides is 1. The third-order valence-corrected chi connectivity index (χ3v) is 3.84. The first kappa shape index (κ1) is 19.9. The molecule has 3 aromatic rings. The minimum absolute atomic E-state index is 0.169. The molecule has 0 aliphatic rings. The van der Waals surface area contributed by atoms with Crippen LogP contribution in [-0.2, 0) is 6.18 Å². The number of hydrogen-bond acceptors (Lipinski definition) is 4. The highest BCUT2D eigenvalue weighted by atomic mass is 19.4. The molecule has 11 heteroatoms. The summed E-state index contributed by atoms with van der Waals surface area (Å²) in [5.74, 6) is -1.81. The summed E-state index contributed by atoms with van der Waals surface area (Å²) < 4.78 is 47.6. The number of carbonyl (C=O) groups is 1. The monoisotopic (exact) mass is 404 g/mol. The number of nitrogens with two attached hydrogens (primary N) is 2. The molecule has 0 bridgehead atoms. The van der Waals surface area contributed by atoms with Crippen molar-refractivity contribution < 1.29 is 22.7 Å². The molecule has 2 aromatic carbocycles. The standard InChI is InChI=1S/C18H15F3N6O2/c1-10-8-15(14(18(19,20)21)9-13(10)16(28)25-17(22)23)29-12-4-2-11(3-5-12)27-7-6-24-26-27/h2-9H,1H3,(H4,22,23,25,28). The first-order chi connectivity index (χ1) is 13.6. The van der Waals surface area contributed by atoms with Crippen LogP contribution in [0.3, 0.4) is 0 Å². The van der Waals surface area contributed by atoms with E-state index >= 15 is 0 Å². The topological polar surface area (TPSA) is 121 Å². The number of aromatic nitrogens is 3. The van der Waals surface area contributed by atoms with Gasteiger partial charge in [0.25, 0.3) is 5.91 Å². The summed E-state index contributed by atoms with van der Waals surface area (Å²) in [4.78, 5) is 15.3. The van der Waals surface area contributed by atoms with E-state index in [0.29, 0.717) is 11.8 Å². The van der Waals surface area contributed by atoms with Gasteiger partial charge in [0.1, 0.15) is 11.5 Å². The Bertz CT molecular complexity index is 1060. The molecular weight excluding hydrogens is 389 g/mol. The van der Waals surface area contributed by atoms with Gasteiger partial charge < -0.3 is 16.2 Å². The largest absolute Gasteiger partial charge is 0.457 e. The number of alkyl halides is 3. The first-order valence-corrected chi connectivity index (χ1v) is 8.15. The maximum atomic E-state index is 13.5. The number of ether oxygens (including phenoxy) is 1. The van der Waals surface area contributed by atoms with Crippen LogP contribution >= 0.6 is 0 Å². The van der Waals surface area contributed by atoms with E-state index < -0.39 is 29.4 Å². The van der Waals surface area contributed by atoms with Gasteiger partial charge in [0.15, 0.2) is 5.96 Å². The summed E-state index contributed by atoms with van der Waals surface area (Å²) in [7, 11) is 0. The number of carbonyl (C=O) groups excluding carboxylic acids is 1. The van der Waals surface area contributed by atoms with Crippen LogP contribution in [0.1, 0.15) is 21.5 Å². The zero-order valence-corrected chi connectivity index (χ0v) is 15.0. The number of aryl methyl sites for hydroxylation is 1. The molecule has 1 aromatic heterocycles. The van der Waals surface area contributed by atoms with Crippen molar-refractivity contribution in [3.05, 3.63) is 65.5 Å². The Morgan fingerprint density at radius 1 is 1.17 bits per heavy atom. The van der Waals surface area contributed by atoms with Crippen molar-refractivity contribution in [2.45, 2.75) is 13.1 Å². The molecule has 8 nitrogen and oxygen atoms in total. The lowest BCUT2D eigenvalue weighted by atomic mass is 10.0. The van der Waals surface area contributed by atoms with Gasteiger partial charge in [0.2, 0.25) is 0 Å². The molecule has 150 valence electrons. The minimum Gasteiger partial charge on any atom is -0.457 e. The van der Waals surface area contributed by atoms with E-state index in [1.807, 2.05) is 0 Å². The van der Waals surface area contributed by atoms with E-state index in [1.165, 1.54) is 29.9 Å². The lowest BCUT2D eigenvalue weighted by Gasteiger charge is -2.16. The Labute approximate surface area is 162 Å². The second-order valence-corrected chi connectivity index (χ2v) is 5.95.